The molecular weight excluding hydrogens is 396 g/mol. The standard InChI is InChI=1S/C20H18N2O4S2/c1-3-13-22-19(23)18(14-15-9-11-16(26-2)12-10-15)27-20(22)21-28(24,25)17-7-5-4-6-8-17/h3-12,14H,1,13H2,2H3/b18-14+,21-20-. The molecule has 0 aromatic heterocycles. The number of nitrogens with zero attached hydrogens (tertiary/aromatic N) is 2. The number of thioether (sulfide) groups is 1. The average molecular weight is 415 g/mol. The second kappa shape index (κ2) is 8.45. The topological polar surface area (TPSA) is 76.0 Å². The van der Waals surface area contributed by atoms with Crippen LogP contribution in [0.1, 0.15) is 5.56 Å². The summed E-state index contributed by atoms with van der Waals surface area (Å²) in [6.07, 6.45) is 3.22. The van der Waals surface area contributed by atoms with Gasteiger partial charge in [0.05, 0.1) is 16.9 Å². The molecule has 0 saturated carbocycles. The molecule has 2 aromatic carbocycles. The Hall–Kier alpha value is -2.84. The second-order valence-electron chi connectivity index (χ2n) is 5.75. The normalized spacial score (nSPS) is 17.3. The number of hydrogen-bond donors (Lipinski definition) is 0. The minimum absolute atomic E-state index is 0.0710. The van der Waals surface area contributed by atoms with Crippen molar-refractivity contribution in [2.24, 2.45) is 4.40 Å². The van der Waals surface area contributed by atoms with Gasteiger partial charge in [-0.05, 0) is 47.7 Å². The highest BCUT2D eigenvalue weighted by Gasteiger charge is 2.34. The Bertz CT molecular complexity index is 1040. The predicted molar refractivity (Wildman–Crippen MR) is 112 cm³/mol. The van der Waals surface area contributed by atoms with E-state index in [1.807, 2.05) is 12.1 Å². The van der Waals surface area contributed by atoms with Crippen molar-refractivity contribution in [2.75, 3.05) is 13.7 Å². The maximum Gasteiger partial charge on any atom is 0.284 e. The molecular formula is C20H18N2O4S2. The lowest BCUT2D eigenvalue weighted by molar-refractivity contribution is -0.121. The van der Waals surface area contributed by atoms with E-state index in [4.69, 9.17) is 4.74 Å². The summed E-state index contributed by atoms with van der Waals surface area (Å²) in [4.78, 5) is 14.5. The van der Waals surface area contributed by atoms with Gasteiger partial charge in [-0.3, -0.25) is 9.69 Å². The van der Waals surface area contributed by atoms with Gasteiger partial charge >= 0.3 is 0 Å². The summed E-state index contributed by atoms with van der Waals surface area (Å²) in [6.45, 7) is 3.80. The van der Waals surface area contributed by atoms with E-state index < -0.39 is 10.0 Å². The van der Waals surface area contributed by atoms with Gasteiger partial charge in [0.15, 0.2) is 5.17 Å². The minimum atomic E-state index is -3.93. The van der Waals surface area contributed by atoms with Gasteiger partial charge in [0, 0.05) is 6.54 Å². The number of ether oxygens (including phenoxy) is 1. The van der Waals surface area contributed by atoms with Gasteiger partial charge in [-0.1, -0.05) is 36.4 Å². The molecule has 0 N–H and O–H groups in total. The predicted octanol–water partition coefficient (Wildman–Crippen LogP) is 3.54. The van der Waals surface area contributed by atoms with Crippen molar-refractivity contribution in [2.45, 2.75) is 4.90 Å². The molecule has 1 amide bonds. The van der Waals surface area contributed by atoms with E-state index in [0.29, 0.717) is 10.7 Å². The maximum atomic E-state index is 12.7. The number of hydrogen-bond acceptors (Lipinski definition) is 5. The number of carbonyl (C=O) groups excluding carboxylic acids is 1. The Kier molecular flexibility index (Phi) is 6.01. The van der Waals surface area contributed by atoms with Gasteiger partial charge in [-0.25, -0.2) is 0 Å². The van der Waals surface area contributed by atoms with E-state index in [1.165, 1.54) is 23.1 Å². The highest BCUT2D eigenvalue weighted by molar-refractivity contribution is 8.19. The van der Waals surface area contributed by atoms with Crippen molar-refractivity contribution in [3.8, 4) is 5.75 Å². The largest absolute Gasteiger partial charge is 0.497 e. The van der Waals surface area contributed by atoms with Crippen molar-refractivity contribution >= 4 is 38.9 Å². The summed E-state index contributed by atoms with van der Waals surface area (Å²) < 4.78 is 34.2. The van der Waals surface area contributed by atoms with E-state index in [0.717, 1.165) is 17.3 Å². The number of benzene rings is 2. The minimum Gasteiger partial charge on any atom is -0.497 e. The number of sulfonamides is 1. The van der Waals surface area contributed by atoms with E-state index in [1.54, 1.807) is 43.5 Å². The fraction of sp³-hybridized carbons (Fsp3) is 0.100. The average Bonchev–Trinajstić information content (AvgIpc) is 2.98. The molecule has 0 bridgehead atoms. The first-order chi connectivity index (χ1) is 13.4. The van der Waals surface area contributed by atoms with E-state index in [-0.39, 0.29) is 22.5 Å². The number of rotatable bonds is 6. The Morgan fingerprint density at radius 2 is 1.82 bits per heavy atom. The molecule has 2 aromatic rings. The molecule has 1 saturated heterocycles. The quantitative estimate of drug-likeness (QED) is 0.534. The zero-order valence-electron chi connectivity index (χ0n) is 15.1. The molecule has 6 nitrogen and oxygen atoms in total. The molecule has 0 spiro atoms. The Morgan fingerprint density at radius 1 is 1.14 bits per heavy atom. The Labute approximate surface area is 168 Å². The zero-order chi connectivity index (χ0) is 20.1. The van der Waals surface area contributed by atoms with Crippen molar-refractivity contribution in [1.29, 1.82) is 0 Å². The van der Waals surface area contributed by atoms with Crippen LogP contribution in [0.4, 0.5) is 0 Å². The van der Waals surface area contributed by atoms with Crippen LogP contribution >= 0.6 is 11.8 Å². The van der Waals surface area contributed by atoms with Crippen LogP contribution in [-0.4, -0.2) is 38.0 Å². The first-order valence-corrected chi connectivity index (χ1v) is 10.6. The highest BCUT2D eigenvalue weighted by atomic mass is 32.2. The second-order valence-corrected chi connectivity index (χ2v) is 8.36. The molecule has 0 aliphatic carbocycles. The van der Waals surface area contributed by atoms with Gasteiger partial charge < -0.3 is 4.74 Å². The third kappa shape index (κ3) is 4.35. The van der Waals surface area contributed by atoms with Gasteiger partial charge in [0.1, 0.15) is 5.75 Å². The van der Waals surface area contributed by atoms with Crippen LogP contribution in [0.15, 0.2) is 81.5 Å². The van der Waals surface area contributed by atoms with Crippen LogP contribution in [0, 0.1) is 0 Å². The summed E-state index contributed by atoms with van der Waals surface area (Å²) >= 11 is 1.02. The van der Waals surface area contributed by atoms with Gasteiger partial charge in [-0.15, -0.1) is 11.0 Å². The van der Waals surface area contributed by atoms with Gasteiger partial charge in [0.25, 0.3) is 15.9 Å². The molecule has 0 radical (unpaired) electrons. The van der Waals surface area contributed by atoms with E-state index in [9.17, 15) is 13.2 Å². The third-order valence-electron chi connectivity index (χ3n) is 3.85. The number of amidine groups is 1. The van der Waals surface area contributed by atoms with Crippen LogP contribution < -0.4 is 4.74 Å². The molecule has 1 heterocycles. The van der Waals surface area contributed by atoms with Crippen LogP contribution in [0.3, 0.4) is 0 Å². The number of carbonyl (C=O) groups is 1. The lowest BCUT2D eigenvalue weighted by atomic mass is 10.2. The number of amides is 1. The fourth-order valence-electron chi connectivity index (χ4n) is 2.47. The SMILES string of the molecule is C=CCN1C(=O)/C(=C\c2ccc(OC)cc2)S/C1=N\S(=O)(=O)c1ccccc1. The Balaban J connectivity index is 1.96. The van der Waals surface area contributed by atoms with Crippen LogP contribution in [0.5, 0.6) is 5.75 Å². The molecule has 1 aliphatic heterocycles. The van der Waals surface area contributed by atoms with E-state index in [2.05, 4.69) is 11.0 Å². The lowest BCUT2D eigenvalue weighted by Crippen LogP contribution is -2.29. The van der Waals surface area contributed by atoms with Gasteiger partial charge in [-0.2, -0.15) is 8.42 Å². The first kappa shape index (κ1) is 19.9. The summed E-state index contributed by atoms with van der Waals surface area (Å²) in [7, 11) is -2.35. The molecule has 0 atom stereocenters. The van der Waals surface area contributed by atoms with Crippen LogP contribution in [0.25, 0.3) is 6.08 Å². The van der Waals surface area contributed by atoms with Crippen LogP contribution in [-0.2, 0) is 14.8 Å². The number of methoxy groups -OCH3 is 1. The fourth-order valence-corrected chi connectivity index (χ4v) is 4.68. The van der Waals surface area contributed by atoms with Crippen molar-refractivity contribution < 1.29 is 17.9 Å². The molecule has 8 heteroatoms. The lowest BCUT2D eigenvalue weighted by Gasteiger charge is -2.12. The molecule has 1 aliphatic rings. The molecule has 3 rings (SSSR count). The van der Waals surface area contributed by atoms with Crippen molar-refractivity contribution in [1.82, 2.24) is 4.90 Å². The monoisotopic (exact) mass is 414 g/mol. The summed E-state index contributed by atoms with van der Waals surface area (Å²) in [5.74, 6) is 0.389. The zero-order valence-corrected chi connectivity index (χ0v) is 16.7. The smallest absolute Gasteiger partial charge is 0.284 e. The molecule has 0 unspecified atom stereocenters. The summed E-state index contributed by atoms with van der Waals surface area (Å²) in [6, 6.07) is 15.1. The molecule has 1 fully saturated rings. The van der Waals surface area contributed by atoms with Crippen molar-refractivity contribution in [3.05, 3.63) is 77.7 Å². The molecule has 28 heavy (non-hydrogen) atoms. The first-order valence-electron chi connectivity index (χ1n) is 8.31. The van der Waals surface area contributed by atoms with Gasteiger partial charge in [0.2, 0.25) is 0 Å². The molecule has 144 valence electrons. The third-order valence-corrected chi connectivity index (χ3v) is 6.26. The Morgan fingerprint density at radius 3 is 2.43 bits per heavy atom. The van der Waals surface area contributed by atoms with E-state index >= 15 is 0 Å². The highest BCUT2D eigenvalue weighted by Crippen LogP contribution is 2.33. The summed E-state index contributed by atoms with van der Waals surface area (Å²) in [5, 5.41) is 0.105. The van der Waals surface area contributed by atoms with Crippen molar-refractivity contribution in [3.63, 3.8) is 0 Å². The van der Waals surface area contributed by atoms with Crippen LogP contribution in [0.2, 0.25) is 0 Å². The maximum absolute atomic E-state index is 12.7. The summed E-state index contributed by atoms with van der Waals surface area (Å²) in [5.41, 5.74) is 0.794.